The predicted molar refractivity (Wildman–Crippen MR) is 165 cm³/mol. The van der Waals surface area contributed by atoms with Crippen LogP contribution in [0.3, 0.4) is 0 Å². The molecule has 5 aromatic rings. The van der Waals surface area contributed by atoms with E-state index in [-0.39, 0.29) is 5.04 Å². The molecule has 0 fully saturated rings. The maximum absolute atomic E-state index is 6.11. The van der Waals surface area contributed by atoms with Gasteiger partial charge in [-0.15, -0.1) is 0 Å². The van der Waals surface area contributed by atoms with Gasteiger partial charge in [0.1, 0.15) is 11.5 Å². The Bertz CT molecular complexity index is 1640. The zero-order valence-electron chi connectivity index (χ0n) is 25.2. The van der Waals surface area contributed by atoms with Crippen molar-refractivity contribution in [3.8, 4) is 22.8 Å². The number of fused-ring (bicyclic) bond motifs is 1. The molecule has 0 saturated carbocycles. The van der Waals surface area contributed by atoms with Crippen molar-refractivity contribution in [3.63, 3.8) is 0 Å². The second kappa shape index (κ2) is 12.3. The fraction of sp³-hybridized carbons (Fsp3) is 0.355. The van der Waals surface area contributed by atoms with Crippen LogP contribution in [0.15, 0.2) is 65.6 Å². The van der Waals surface area contributed by atoms with Gasteiger partial charge in [-0.25, -0.2) is 4.98 Å². The summed E-state index contributed by atoms with van der Waals surface area (Å²) >= 11 is 0. The maximum atomic E-state index is 6.11. The van der Waals surface area contributed by atoms with Crippen LogP contribution in [0.1, 0.15) is 32.2 Å². The molecule has 5 rings (SSSR count). The molecular weight excluding hydrogens is 548 g/mol. The van der Waals surface area contributed by atoms with Gasteiger partial charge in [0.2, 0.25) is 9.04 Å². The average molecular weight is 586 g/mol. The summed E-state index contributed by atoms with van der Waals surface area (Å²) in [5.74, 6) is 2.09. The Morgan fingerprint density at radius 3 is 2.38 bits per heavy atom. The van der Waals surface area contributed by atoms with E-state index in [0.29, 0.717) is 31.2 Å². The summed E-state index contributed by atoms with van der Waals surface area (Å²) in [6.07, 6.45) is 5.60. The third kappa shape index (κ3) is 6.80. The molecule has 0 aliphatic carbocycles. The zero-order valence-corrected chi connectivity index (χ0v) is 26.2. The number of rotatable bonds is 11. The second-order valence-corrected chi connectivity index (χ2v) is 14.1. The monoisotopic (exact) mass is 585 g/mol. The largest absolute Gasteiger partial charge is 0.497 e. The van der Waals surface area contributed by atoms with E-state index in [9.17, 15) is 0 Å². The van der Waals surface area contributed by atoms with E-state index in [1.54, 1.807) is 20.4 Å². The first-order valence-corrected chi connectivity index (χ1v) is 15.7. The summed E-state index contributed by atoms with van der Waals surface area (Å²) < 4.78 is 24.7. The zero-order chi connectivity index (χ0) is 29.9. The van der Waals surface area contributed by atoms with Crippen molar-refractivity contribution in [1.82, 2.24) is 24.9 Å². The topological polar surface area (TPSA) is 101 Å². The van der Waals surface area contributed by atoms with Crippen molar-refractivity contribution in [2.45, 2.75) is 52.4 Å². The number of hydrogen-bond acceptors (Lipinski definition) is 9. The van der Waals surface area contributed by atoms with Gasteiger partial charge < -0.3 is 23.3 Å². The van der Waals surface area contributed by atoms with Gasteiger partial charge >= 0.3 is 0 Å². The number of aromatic nitrogens is 5. The first kappa shape index (κ1) is 29.3. The Morgan fingerprint density at radius 2 is 1.71 bits per heavy atom. The lowest BCUT2D eigenvalue weighted by molar-refractivity contribution is 0.281. The Kier molecular flexibility index (Phi) is 8.60. The molecule has 0 atom stereocenters. The number of nitrogens with zero attached hydrogens (tertiary/aromatic N) is 6. The molecule has 3 heterocycles. The van der Waals surface area contributed by atoms with Gasteiger partial charge in [0.25, 0.3) is 0 Å². The van der Waals surface area contributed by atoms with Crippen molar-refractivity contribution < 1.29 is 18.4 Å². The average Bonchev–Trinajstić information content (AvgIpc) is 3.63. The van der Waals surface area contributed by atoms with Crippen molar-refractivity contribution >= 4 is 31.4 Å². The highest BCUT2D eigenvalue weighted by atomic mass is 28.3. The SMILES string of the molecule is COc1cc(OC)cc(N(Cc2cc(C)no2)c2ccc3ncc(-c4cnn(CCO[Si](C)C(C)(C)C)c4)nc3c2)c1. The van der Waals surface area contributed by atoms with Crippen LogP contribution in [0.4, 0.5) is 11.4 Å². The van der Waals surface area contributed by atoms with Crippen LogP contribution in [0.5, 0.6) is 11.5 Å². The number of aryl methyl sites for hydroxylation is 1. The molecule has 0 saturated heterocycles. The minimum atomic E-state index is -0.892. The van der Waals surface area contributed by atoms with E-state index in [1.165, 1.54) is 0 Å². The van der Waals surface area contributed by atoms with Crippen LogP contribution in [0, 0.1) is 6.92 Å². The molecule has 0 aliphatic rings. The summed E-state index contributed by atoms with van der Waals surface area (Å²) in [7, 11) is 2.38. The summed E-state index contributed by atoms with van der Waals surface area (Å²) in [6.45, 7) is 12.5. The van der Waals surface area contributed by atoms with Gasteiger partial charge in [0, 0.05) is 47.4 Å². The molecule has 0 spiro atoms. The normalized spacial score (nSPS) is 11.8. The molecule has 42 heavy (non-hydrogen) atoms. The number of hydrogen-bond donors (Lipinski definition) is 0. The molecule has 219 valence electrons. The molecule has 2 aromatic carbocycles. The highest BCUT2D eigenvalue weighted by molar-refractivity contribution is 6.53. The Hall–Kier alpha value is -4.22. The van der Waals surface area contributed by atoms with E-state index >= 15 is 0 Å². The highest BCUT2D eigenvalue weighted by Crippen LogP contribution is 2.35. The second-order valence-electron chi connectivity index (χ2n) is 11.2. The van der Waals surface area contributed by atoms with Gasteiger partial charge in [0.15, 0.2) is 5.76 Å². The molecule has 0 aliphatic heterocycles. The smallest absolute Gasteiger partial charge is 0.213 e. The first-order chi connectivity index (χ1) is 20.1. The minimum Gasteiger partial charge on any atom is -0.497 e. The minimum absolute atomic E-state index is 0.196. The lowest BCUT2D eigenvalue weighted by Crippen LogP contribution is -2.27. The molecule has 0 unspecified atom stereocenters. The number of benzene rings is 2. The third-order valence-electron chi connectivity index (χ3n) is 7.10. The maximum Gasteiger partial charge on any atom is 0.213 e. The van der Waals surface area contributed by atoms with Crippen LogP contribution >= 0.6 is 0 Å². The number of anilines is 2. The molecule has 0 amide bonds. The standard InChI is InChI=1S/C31H37N6O4Si/c1-21-12-27(41-35-21)20-37(24-13-25(38-5)16-26(14-24)39-6)23-8-9-28-29(15-23)34-30(18-32-28)22-17-33-36(19-22)10-11-40-42(7)31(2,3)4/h8-9,12-19H,10-11,20H2,1-7H3. The lowest BCUT2D eigenvalue weighted by atomic mass is 10.1. The first-order valence-electron chi connectivity index (χ1n) is 13.8. The molecule has 1 radical (unpaired) electrons. The van der Waals surface area contributed by atoms with E-state index in [0.717, 1.165) is 45.1 Å². The van der Waals surface area contributed by atoms with E-state index in [1.807, 2.05) is 66.5 Å². The van der Waals surface area contributed by atoms with E-state index in [4.69, 9.17) is 23.4 Å². The van der Waals surface area contributed by atoms with Gasteiger partial charge in [0.05, 0.1) is 68.7 Å². The van der Waals surface area contributed by atoms with Crippen molar-refractivity contribution in [2.24, 2.45) is 0 Å². The van der Waals surface area contributed by atoms with Crippen LogP contribution in [0.2, 0.25) is 11.6 Å². The van der Waals surface area contributed by atoms with Gasteiger partial charge in [-0.05, 0) is 36.7 Å². The summed E-state index contributed by atoms with van der Waals surface area (Å²) in [5.41, 5.74) is 5.80. The molecule has 0 N–H and O–H groups in total. The van der Waals surface area contributed by atoms with Crippen molar-refractivity contribution in [1.29, 1.82) is 0 Å². The number of ether oxygens (including phenoxy) is 2. The Balaban J connectivity index is 1.44. The highest BCUT2D eigenvalue weighted by Gasteiger charge is 2.24. The fourth-order valence-electron chi connectivity index (χ4n) is 4.36. The summed E-state index contributed by atoms with van der Waals surface area (Å²) in [5, 5.41) is 8.80. The van der Waals surface area contributed by atoms with Crippen LogP contribution in [0.25, 0.3) is 22.3 Å². The van der Waals surface area contributed by atoms with E-state index < -0.39 is 9.04 Å². The molecule has 11 heteroatoms. The van der Waals surface area contributed by atoms with Crippen molar-refractivity contribution in [3.05, 3.63) is 72.5 Å². The predicted octanol–water partition coefficient (Wildman–Crippen LogP) is 6.58. The Labute approximate surface area is 248 Å². The van der Waals surface area contributed by atoms with Gasteiger partial charge in [-0.3, -0.25) is 9.67 Å². The fourth-order valence-corrected chi connectivity index (χ4v) is 5.19. The lowest BCUT2D eigenvalue weighted by Gasteiger charge is -2.25. The van der Waals surface area contributed by atoms with Crippen LogP contribution < -0.4 is 14.4 Å². The third-order valence-corrected chi connectivity index (χ3v) is 9.85. The molecule has 0 bridgehead atoms. The number of methoxy groups -OCH3 is 2. The molecule has 10 nitrogen and oxygen atoms in total. The quantitative estimate of drug-likeness (QED) is 0.159. The van der Waals surface area contributed by atoms with Gasteiger partial charge in [-0.2, -0.15) is 5.10 Å². The van der Waals surface area contributed by atoms with E-state index in [2.05, 4.69) is 47.5 Å². The summed E-state index contributed by atoms with van der Waals surface area (Å²) in [4.78, 5) is 11.8. The van der Waals surface area contributed by atoms with Crippen LogP contribution in [-0.2, 0) is 17.5 Å². The molecule has 3 aromatic heterocycles. The summed E-state index contributed by atoms with van der Waals surface area (Å²) in [6, 6.07) is 13.7. The Morgan fingerprint density at radius 1 is 0.952 bits per heavy atom. The molecular formula is C31H37N6O4Si. The van der Waals surface area contributed by atoms with Crippen LogP contribution in [-0.4, -0.2) is 54.8 Å². The van der Waals surface area contributed by atoms with Gasteiger partial charge in [-0.1, -0.05) is 25.9 Å². The van der Waals surface area contributed by atoms with Crippen molar-refractivity contribution in [2.75, 3.05) is 25.7 Å².